The molecule has 1 aliphatic carbocycles. The van der Waals surface area contributed by atoms with Crippen molar-refractivity contribution in [3.8, 4) is 0 Å². The molecule has 2 rings (SSSR count). The smallest absolute Gasteiger partial charge is 0.110 e. The first-order chi connectivity index (χ1) is 5.27. The summed E-state index contributed by atoms with van der Waals surface area (Å²) in [6, 6.07) is 0.116. The molecular weight excluding hydrogens is 156 g/mol. The average Bonchev–Trinajstić information content (AvgIpc) is 2.40. The second kappa shape index (κ2) is 2.57. The van der Waals surface area contributed by atoms with Crippen LogP contribution >= 0.6 is 11.3 Å². The van der Waals surface area contributed by atoms with Crippen LogP contribution in [-0.2, 0) is 12.8 Å². The fourth-order valence-electron chi connectivity index (χ4n) is 1.41. The second-order valence-electron chi connectivity index (χ2n) is 3.06. The third-order valence-electron chi connectivity index (χ3n) is 2.00. The lowest BCUT2D eigenvalue weighted by molar-refractivity contribution is 0.793. The van der Waals surface area contributed by atoms with Gasteiger partial charge < -0.3 is 5.73 Å². The first-order valence-corrected chi connectivity index (χ1v) is 4.83. The molecule has 0 aromatic carbocycles. The predicted molar refractivity (Wildman–Crippen MR) is 46.7 cm³/mol. The van der Waals surface area contributed by atoms with Gasteiger partial charge in [0.05, 0.1) is 11.7 Å². The summed E-state index contributed by atoms with van der Waals surface area (Å²) in [5.74, 6) is 0. The molecule has 0 fully saturated rings. The van der Waals surface area contributed by atoms with Crippen LogP contribution in [0.3, 0.4) is 0 Å². The Bertz CT molecular complexity index is 244. The minimum atomic E-state index is 0.116. The number of hydrogen-bond donors (Lipinski definition) is 1. The molecule has 0 saturated heterocycles. The number of rotatable bonds is 1. The fraction of sp³-hybridized carbons (Fsp3) is 0.625. The van der Waals surface area contributed by atoms with Gasteiger partial charge in [0.15, 0.2) is 0 Å². The summed E-state index contributed by atoms with van der Waals surface area (Å²) in [6.45, 7) is 1.99. The predicted octanol–water partition coefficient (Wildman–Crippen LogP) is 1.65. The van der Waals surface area contributed by atoms with Crippen LogP contribution in [0, 0.1) is 0 Å². The molecule has 0 bridgehead atoms. The van der Waals surface area contributed by atoms with Crippen LogP contribution in [0.1, 0.15) is 35.0 Å². The van der Waals surface area contributed by atoms with Gasteiger partial charge >= 0.3 is 0 Å². The zero-order valence-corrected chi connectivity index (χ0v) is 7.45. The highest BCUT2D eigenvalue weighted by Crippen LogP contribution is 2.29. The maximum atomic E-state index is 5.72. The maximum absolute atomic E-state index is 5.72. The van der Waals surface area contributed by atoms with Gasteiger partial charge in [0.25, 0.3) is 0 Å². The Balaban J connectivity index is 2.34. The van der Waals surface area contributed by atoms with Crippen molar-refractivity contribution in [3.05, 3.63) is 15.6 Å². The number of fused-ring (bicyclic) bond motifs is 1. The van der Waals surface area contributed by atoms with E-state index in [4.69, 9.17) is 5.73 Å². The van der Waals surface area contributed by atoms with Gasteiger partial charge in [-0.25, -0.2) is 4.98 Å². The Morgan fingerprint density at radius 3 is 3.00 bits per heavy atom. The molecule has 0 radical (unpaired) electrons. The normalized spacial score (nSPS) is 18.4. The van der Waals surface area contributed by atoms with Crippen molar-refractivity contribution in [2.24, 2.45) is 5.73 Å². The topological polar surface area (TPSA) is 38.9 Å². The molecule has 1 heterocycles. The molecule has 3 heteroatoms. The monoisotopic (exact) mass is 168 g/mol. The molecular formula is C8H12N2S. The molecule has 0 spiro atoms. The maximum Gasteiger partial charge on any atom is 0.110 e. The van der Waals surface area contributed by atoms with Crippen molar-refractivity contribution in [2.75, 3.05) is 0 Å². The molecule has 2 N–H and O–H groups in total. The Labute approximate surface area is 70.5 Å². The number of nitrogens with two attached hydrogens (primary N) is 1. The number of aryl methyl sites for hydroxylation is 2. The molecule has 0 saturated carbocycles. The third kappa shape index (κ3) is 1.19. The highest BCUT2D eigenvalue weighted by atomic mass is 32.1. The highest BCUT2D eigenvalue weighted by Gasteiger charge is 2.17. The molecule has 1 atom stereocenters. The number of nitrogens with zero attached hydrogens (tertiary/aromatic N) is 1. The van der Waals surface area contributed by atoms with Crippen LogP contribution in [0.15, 0.2) is 0 Å². The molecule has 0 aliphatic heterocycles. The van der Waals surface area contributed by atoms with Crippen molar-refractivity contribution < 1.29 is 0 Å². The lowest BCUT2D eigenvalue weighted by Crippen LogP contribution is -2.04. The van der Waals surface area contributed by atoms with Crippen molar-refractivity contribution >= 4 is 11.3 Å². The van der Waals surface area contributed by atoms with E-state index in [0.717, 1.165) is 5.01 Å². The van der Waals surface area contributed by atoms with Gasteiger partial charge in [-0.05, 0) is 26.2 Å². The number of thiazole rings is 1. The van der Waals surface area contributed by atoms with Gasteiger partial charge in [-0.2, -0.15) is 0 Å². The van der Waals surface area contributed by atoms with E-state index in [-0.39, 0.29) is 6.04 Å². The minimum absolute atomic E-state index is 0.116. The van der Waals surface area contributed by atoms with Crippen LogP contribution in [0.4, 0.5) is 0 Å². The van der Waals surface area contributed by atoms with E-state index in [1.807, 2.05) is 6.92 Å². The number of aromatic nitrogens is 1. The molecule has 2 nitrogen and oxygen atoms in total. The Morgan fingerprint density at radius 2 is 2.36 bits per heavy atom. The lowest BCUT2D eigenvalue weighted by Gasteiger charge is -1.97. The number of hydrogen-bond acceptors (Lipinski definition) is 3. The zero-order valence-electron chi connectivity index (χ0n) is 6.63. The summed E-state index contributed by atoms with van der Waals surface area (Å²) >= 11 is 1.79. The van der Waals surface area contributed by atoms with E-state index in [2.05, 4.69) is 4.98 Å². The van der Waals surface area contributed by atoms with Crippen LogP contribution in [-0.4, -0.2) is 4.98 Å². The van der Waals surface area contributed by atoms with Crippen molar-refractivity contribution in [1.29, 1.82) is 0 Å². The van der Waals surface area contributed by atoms with Crippen molar-refractivity contribution in [3.63, 3.8) is 0 Å². The van der Waals surface area contributed by atoms with Crippen LogP contribution in [0.2, 0.25) is 0 Å². The van der Waals surface area contributed by atoms with Crippen LogP contribution < -0.4 is 5.73 Å². The van der Waals surface area contributed by atoms with Crippen LogP contribution in [0.25, 0.3) is 0 Å². The van der Waals surface area contributed by atoms with Crippen molar-refractivity contribution in [1.82, 2.24) is 4.98 Å². The Kier molecular flexibility index (Phi) is 1.69. The van der Waals surface area contributed by atoms with E-state index in [1.165, 1.54) is 29.8 Å². The van der Waals surface area contributed by atoms with Gasteiger partial charge in [0.1, 0.15) is 5.01 Å². The van der Waals surface area contributed by atoms with Gasteiger partial charge in [-0.1, -0.05) is 0 Å². The van der Waals surface area contributed by atoms with E-state index < -0.39 is 0 Å². The lowest BCUT2D eigenvalue weighted by atomic mass is 10.3. The summed E-state index contributed by atoms with van der Waals surface area (Å²) in [7, 11) is 0. The molecule has 1 aromatic rings. The highest BCUT2D eigenvalue weighted by molar-refractivity contribution is 7.11. The third-order valence-corrected chi connectivity index (χ3v) is 3.36. The van der Waals surface area contributed by atoms with Gasteiger partial charge in [0.2, 0.25) is 0 Å². The molecule has 1 aromatic heterocycles. The summed E-state index contributed by atoms with van der Waals surface area (Å²) < 4.78 is 0. The summed E-state index contributed by atoms with van der Waals surface area (Å²) in [4.78, 5) is 5.95. The van der Waals surface area contributed by atoms with E-state index in [9.17, 15) is 0 Å². The van der Waals surface area contributed by atoms with Gasteiger partial charge in [-0.3, -0.25) is 0 Å². The van der Waals surface area contributed by atoms with E-state index >= 15 is 0 Å². The van der Waals surface area contributed by atoms with Crippen molar-refractivity contribution in [2.45, 2.75) is 32.2 Å². The second-order valence-corrected chi connectivity index (χ2v) is 4.18. The minimum Gasteiger partial charge on any atom is -0.322 e. The summed E-state index contributed by atoms with van der Waals surface area (Å²) in [6.07, 6.45) is 3.67. The fourth-order valence-corrected chi connectivity index (χ4v) is 2.51. The first kappa shape index (κ1) is 7.25. The quantitative estimate of drug-likeness (QED) is 0.692. The average molecular weight is 168 g/mol. The molecule has 0 unspecified atom stereocenters. The summed E-state index contributed by atoms with van der Waals surface area (Å²) in [5.41, 5.74) is 7.03. The standard InChI is InChI=1S/C8H12N2S/c1-5(9)8-10-6-3-2-4-7(6)11-8/h5H,2-4,9H2,1H3/t5-/m0/s1. The summed E-state index contributed by atoms with van der Waals surface area (Å²) in [5, 5.41) is 1.11. The van der Waals surface area contributed by atoms with Gasteiger partial charge in [-0.15, -0.1) is 11.3 Å². The Hall–Kier alpha value is -0.410. The molecule has 1 aliphatic rings. The molecule has 60 valence electrons. The largest absolute Gasteiger partial charge is 0.322 e. The van der Waals surface area contributed by atoms with Crippen LogP contribution in [0.5, 0.6) is 0 Å². The zero-order chi connectivity index (χ0) is 7.84. The first-order valence-electron chi connectivity index (χ1n) is 4.01. The van der Waals surface area contributed by atoms with E-state index in [0.29, 0.717) is 0 Å². The SMILES string of the molecule is C[C@H](N)c1nc2c(s1)CCC2. The van der Waals surface area contributed by atoms with E-state index in [1.54, 1.807) is 11.3 Å². The molecule has 0 amide bonds. The van der Waals surface area contributed by atoms with Gasteiger partial charge in [0, 0.05) is 4.88 Å². The molecule has 11 heavy (non-hydrogen) atoms. The Morgan fingerprint density at radius 1 is 1.55 bits per heavy atom.